The highest BCUT2D eigenvalue weighted by Gasteiger charge is 2.34. The number of H-pyrrole nitrogens is 3. The van der Waals surface area contributed by atoms with E-state index in [2.05, 4.69) is 236 Å². The van der Waals surface area contributed by atoms with Gasteiger partial charge in [-0.15, -0.1) is 27.8 Å². The molecule has 0 unspecified atom stereocenters. The highest BCUT2D eigenvalue weighted by molar-refractivity contribution is 7.18. The van der Waals surface area contributed by atoms with E-state index in [1.165, 1.54) is 75.0 Å². The van der Waals surface area contributed by atoms with Crippen LogP contribution in [0.1, 0.15) is 250 Å². The summed E-state index contributed by atoms with van der Waals surface area (Å²) < 4.78 is 48.2. The van der Waals surface area contributed by atoms with E-state index in [0.29, 0.717) is 51.3 Å². The molecule has 586 valence electrons. The minimum absolute atomic E-state index is 0. The van der Waals surface area contributed by atoms with Crippen molar-refractivity contribution in [3.8, 4) is 0 Å². The van der Waals surface area contributed by atoms with Crippen molar-refractivity contribution in [3.63, 3.8) is 0 Å². The van der Waals surface area contributed by atoms with Gasteiger partial charge in [-0.25, -0.2) is 30.8 Å². The van der Waals surface area contributed by atoms with E-state index in [1.54, 1.807) is 39.0 Å². The summed E-state index contributed by atoms with van der Waals surface area (Å²) in [4.78, 5) is 58.3. The fourth-order valence-electron chi connectivity index (χ4n) is 9.02. The number of aromatic nitrogens is 8. The molecule has 0 radical (unpaired) electrons. The van der Waals surface area contributed by atoms with Crippen LogP contribution in [0.4, 0.5) is 13.2 Å². The van der Waals surface area contributed by atoms with Crippen molar-refractivity contribution in [2.24, 2.45) is 42.7 Å². The molecule has 0 saturated carbocycles. The number of aryl methyl sites for hydroxylation is 4. The zero-order valence-electron chi connectivity index (χ0n) is 66.8. The number of carbonyl (C=O) groups is 1. The van der Waals surface area contributed by atoms with Gasteiger partial charge >= 0.3 is 6.18 Å². The lowest BCUT2D eigenvalue weighted by Crippen LogP contribution is -2.19. The highest BCUT2D eigenvalue weighted by atomic mass is 32.1. The van der Waals surface area contributed by atoms with Crippen LogP contribution in [-0.2, 0) is 52.2 Å². The topological polar surface area (TPSA) is 234 Å². The number of para-hydroxylation sites is 1. The average Bonchev–Trinajstić information content (AvgIpc) is 1.35. The Morgan fingerprint density at radius 1 is 0.575 bits per heavy atom. The van der Waals surface area contributed by atoms with Crippen molar-refractivity contribution in [2.45, 2.75) is 257 Å². The number of hydrazone groups is 2. The zero-order chi connectivity index (χ0) is 78.9. The molecule has 5 N–H and O–H groups in total. The number of amides is 1. The van der Waals surface area contributed by atoms with E-state index in [-0.39, 0.29) is 48.1 Å². The van der Waals surface area contributed by atoms with Gasteiger partial charge in [0.15, 0.2) is 0 Å². The van der Waals surface area contributed by atoms with Crippen LogP contribution in [0.15, 0.2) is 158 Å². The highest BCUT2D eigenvalue weighted by Crippen LogP contribution is 2.32. The zero-order valence-corrected chi connectivity index (χ0v) is 68.5. The molecule has 0 fully saturated rings. The van der Waals surface area contributed by atoms with Gasteiger partial charge in [-0.3, -0.25) is 19.4 Å². The van der Waals surface area contributed by atoms with Crippen LogP contribution in [0.25, 0.3) is 21.1 Å². The molecule has 22 heteroatoms. The number of pyridine rings is 1. The Labute approximate surface area is 639 Å². The summed E-state index contributed by atoms with van der Waals surface area (Å²) in [6, 6.07) is 29.8. The molecule has 0 spiro atoms. The Kier molecular flexibility index (Phi) is 37.6. The molecule has 2 aliphatic rings. The van der Waals surface area contributed by atoms with E-state index in [4.69, 9.17) is 9.26 Å². The molecule has 2 aromatic carbocycles. The van der Waals surface area contributed by atoms with Gasteiger partial charge in [-0.05, 0) is 151 Å². The number of thiazole rings is 1. The molecule has 106 heavy (non-hydrogen) atoms. The van der Waals surface area contributed by atoms with Gasteiger partial charge in [0.2, 0.25) is 17.7 Å². The van der Waals surface area contributed by atoms with Crippen LogP contribution in [0, 0.1) is 46.3 Å². The first-order chi connectivity index (χ1) is 47.6. The minimum Gasteiger partial charge on any atom is -0.424 e. The van der Waals surface area contributed by atoms with E-state index in [9.17, 15) is 27.6 Å². The van der Waals surface area contributed by atoms with Crippen molar-refractivity contribution in [1.82, 2.24) is 50.9 Å². The van der Waals surface area contributed by atoms with Gasteiger partial charge < -0.3 is 19.2 Å². The fourth-order valence-corrected chi connectivity index (χ4v) is 10.9. The maximum Gasteiger partial charge on any atom is 0.433 e. The molecular formula is C84H127F3N12O5S2. The summed E-state index contributed by atoms with van der Waals surface area (Å²) in [6.07, 6.45) is 9.17. The minimum atomic E-state index is -4.40. The summed E-state index contributed by atoms with van der Waals surface area (Å²) in [5.74, 6) is 1.89. The van der Waals surface area contributed by atoms with Crippen molar-refractivity contribution in [1.29, 1.82) is 0 Å². The normalized spacial score (nSPS) is 12.9. The van der Waals surface area contributed by atoms with Crippen LogP contribution in [0.5, 0.6) is 0 Å². The molecule has 1 amide bonds. The monoisotopic (exact) mass is 1500 g/mol. The third-order valence-electron chi connectivity index (χ3n) is 14.7. The molecule has 9 heterocycles. The number of alkyl halides is 3. The van der Waals surface area contributed by atoms with Crippen molar-refractivity contribution in [2.75, 3.05) is 0 Å². The number of hydrogen-bond acceptors (Lipinski definition) is 15. The largest absolute Gasteiger partial charge is 0.433 e. The molecule has 0 atom stereocenters. The SMILES string of the molecule is C.C.C=C1NN=C(C(C)(C)C)O1.CC(C)(C)C1=NNC(=O)C1.CC(C)(C)CCc1cc2ccccc2[nH]1.CC(C)(C)Cc1cccs1.CC(C)(C)Cc1ccncc1.CC(C)(C)c1cc(=O)[nH]o1.CC(C)(C)c1cc(C(F)(F)F)ncn1.Cc1cc(=O)[nH]cn1.Cc1nc2ccc(CCC(C)(C)C)cc2s1. The lowest BCUT2D eigenvalue weighted by molar-refractivity contribution is -0.141. The van der Waals surface area contributed by atoms with E-state index >= 15 is 0 Å². The number of halogens is 3. The lowest BCUT2D eigenvalue weighted by Gasteiger charge is -2.18. The second-order valence-electron chi connectivity index (χ2n) is 34.7. The quantitative estimate of drug-likeness (QED) is 0.105. The van der Waals surface area contributed by atoms with Crippen molar-refractivity contribution < 1.29 is 27.2 Å². The Hall–Kier alpha value is -8.37. The number of nitrogens with zero attached hydrogens (tertiary/aromatic N) is 7. The summed E-state index contributed by atoms with van der Waals surface area (Å²) in [7, 11) is 0. The van der Waals surface area contributed by atoms with Gasteiger partial charge in [-0.1, -0.05) is 211 Å². The third kappa shape index (κ3) is 40.4. The van der Waals surface area contributed by atoms with Crippen LogP contribution < -0.4 is 22.0 Å². The number of aromatic amines is 3. The van der Waals surface area contributed by atoms with Crippen molar-refractivity contribution in [3.05, 3.63) is 204 Å². The van der Waals surface area contributed by atoms with Gasteiger partial charge in [0.25, 0.3) is 11.1 Å². The predicted octanol–water partition coefficient (Wildman–Crippen LogP) is 22.5. The second kappa shape index (κ2) is 41.7. The summed E-state index contributed by atoms with van der Waals surface area (Å²) >= 11 is 3.64. The summed E-state index contributed by atoms with van der Waals surface area (Å²) in [5.41, 5.74) is 13.7. The number of nitrogens with one attached hydrogen (secondary N) is 5. The van der Waals surface area contributed by atoms with E-state index in [1.807, 2.05) is 86.0 Å². The molecule has 9 aromatic rings. The number of benzene rings is 2. The van der Waals surface area contributed by atoms with Gasteiger partial charge in [0.1, 0.15) is 17.8 Å². The standard InChI is InChI=1S/C14H19NS.C14H19N.C10H15N.C9H11F3N2.C9H14S.2C7H12N2O.C7H11NO2.C5H6N2O.2CH4/c1-10-15-12-6-5-11(9-13(12)16-10)7-8-14(2,3)4;1-14(2,3)9-8-12-10-11-6-4-5-7-13(11)15-12;1-10(2,3)8-9-4-6-11-7-5-9;1-8(2,3)6-4-7(9(10,11)12)14-5-13-6;1-9(2,3)7-8-5-4-6-10-8;1-7(2,3)5-4-6(10)9-8-5;1-5-8-9-6(10-5)7(2,3)4;1-7(2,3)5-4-6(9)8-10-5;1-4-2-5(8)7-3-6-4;;/h5-6,9H,7-8H2,1-4H3;4-7,10,15H,8-9H2,1-3H3;4-7H,8H2,1-3H3;4-5H,1-3H3;4-6H,7H2,1-3H3;4H2,1-3H3,(H,9,10);8H,1H2,2-4H3;4H,1-3H3,(H,8,9);2-3H,1H3,(H,6,7,8);2*1H4. The number of thiophene rings is 1. The molecule has 2 aliphatic heterocycles. The first-order valence-electron chi connectivity index (χ1n) is 35.1. The summed E-state index contributed by atoms with van der Waals surface area (Å²) in [6.45, 7) is 58.3. The van der Waals surface area contributed by atoms with Crippen molar-refractivity contribution >= 4 is 61.3 Å². The summed E-state index contributed by atoms with van der Waals surface area (Å²) in [5, 5.41) is 14.7. The number of carbonyl (C=O) groups excluding carboxylic acids is 1. The molecule has 7 aromatic heterocycles. The van der Waals surface area contributed by atoms with Crippen LogP contribution in [0.3, 0.4) is 0 Å². The average molecular weight is 1510 g/mol. The fraction of sp³-hybridized carbons (Fsp3) is 0.524. The van der Waals surface area contributed by atoms with Gasteiger partial charge in [-0.2, -0.15) is 23.4 Å². The van der Waals surface area contributed by atoms with E-state index in [0.717, 1.165) is 53.6 Å². The number of fused-ring (bicyclic) bond motifs is 2. The maximum absolute atomic E-state index is 12.3. The van der Waals surface area contributed by atoms with Gasteiger partial charge in [0.05, 0.1) is 33.7 Å². The molecule has 17 nitrogen and oxygen atoms in total. The first kappa shape index (κ1) is 95.6. The molecule has 11 rings (SSSR count). The lowest BCUT2D eigenvalue weighted by atomic mass is 9.88. The first-order valence-corrected chi connectivity index (χ1v) is 36.8. The molecule has 0 saturated heterocycles. The second-order valence-corrected chi connectivity index (χ2v) is 37.0. The smallest absolute Gasteiger partial charge is 0.424 e. The Bertz CT molecular complexity index is 4130. The Morgan fingerprint density at radius 2 is 1.18 bits per heavy atom. The maximum atomic E-state index is 12.3. The van der Waals surface area contributed by atoms with Crippen LogP contribution in [-0.4, -0.2) is 57.6 Å². The van der Waals surface area contributed by atoms with Crippen LogP contribution >= 0.6 is 22.7 Å². The predicted molar refractivity (Wildman–Crippen MR) is 440 cm³/mol. The number of ether oxygens (including phenoxy) is 1. The Balaban J connectivity index is 0.000000599. The number of hydrogen-bond donors (Lipinski definition) is 5. The molecule has 0 bridgehead atoms. The third-order valence-corrected chi connectivity index (χ3v) is 16.5. The number of rotatable bonds is 6. The van der Waals surface area contributed by atoms with Crippen LogP contribution in [0.2, 0.25) is 0 Å². The van der Waals surface area contributed by atoms with E-state index < -0.39 is 17.3 Å². The van der Waals surface area contributed by atoms with Gasteiger partial charge in [0, 0.05) is 73.7 Å². The Morgan fingerprint density at radius 3 is 1.60 bits per heavy atom. The molecule has 0 aliphatic carbocycles. The molecular weight excluding hydrogens is 1380 g/mol.